The molecule has 20 heteroatoms. The van der Waals surface area contributed by atoms with Gasteiger partial charge in [-0.1, -0.05) is 121 Å². The number of ketones is 1. The van der Waals surface area contributed by atoms with Crippen molar-refractivity contribution in [1.29, 1.82) is 0 Å². The van der Waals surface area contributed by atoms with Crippen molar-refractivity contribution in [3.8, 4) is 0 Å². The Bertz CT molecular complexity index is 2550. The molecule has 0 bridgehead atoms. The minimum Gasteiger partial charge on any atom is -0.332 e. The van der Waals surface area contributed by atoms with Crippen LogP contribution in [0.1, 0.15) is 67.2 Å². The molecule has 0 atom stereocenters. The maximum Gasteiger partial charge on any atom is 0.242 e. The summed E-state index contributed by atoms with van der Waals surface area (Å²) >= 11 is 0. The SMILES string of the molecule is NCCCN1CCCCC(=O)CN(Cc2ccccc2)C(=O)CN(CCCN)C(=O)CN(Cc2ccccc2)C(=O)CN(CCCN)C(=O)CN(Cc2ccccc2)C(=O)CN(CCCN)C(=O)CN(Cc2ccccc2)C(=O)C1. The Morgan fingerprint density at radius 3 is 0.875 bits per heavy atom. The average molecular weight is 1100 g/mol. The van der Waals surface area contributed by atoms with Gasteiger partial charge in [0.15, 0.2) is 5.78 Å². The van der Waals surface area contributed by atoms with Crippen molar-refractivity contribution in [3.63, 3.8) is 0 Å². The summed E-state index contributed by atoms with van der Waals surface area (Å²) in [5.74, 6) is -3.71. The van der Waals surface area contributed by atoms with Gasteiger partial charge in [-0.3, -0.25) is 43.3 Å². The van der Waals surface area contributed by atoms with Gasteiger partial charge in [-0.15, -0.1) is 0 Å². The summed E-state index contributed by atoms with van der Waals surface area (Å²) in [5.41, 5.74) is 26.9. The molecule has 0 aromatic heterocycles. The van der Waals surface area contributed by atoms with E-state index in [1.807, 2.05) is 126 Å². The Kier molecular flexibility index (Phi) is 28.0. The fourth-order valence-corrected chi connectivity index (χ4v) is 9.27. The van der Waals surface area contributed by atoms with E-state index < -0.39 is 61.6 Å². The summed E-state index contributed by atoms with van der Waals surface area (Å²) in [6.07, 6.45) is 2.73. The van der Waals surface area contributed by atoms with Crippen LogP contribution in [-0.2, 0) is 64.5 Å². The average Bonchev–Trinajstić information content (AvgIpc) is 3.47. The summed E-state index contributed by atoms with van der Waals surface area (Å²) in [6, 6.07) is 36.7. The van der Waals surface area contributed by atoms with E-state index in [0.29, 0.717) is 69.3 Å². The highest BCUT2D eigenvalue weighted by Gasteiger charge is 2.31. The van der Waals surface area contributed by atoms with Gasteiger partial charge in [0.2, 0.25) is 41.4 Å². The largest absolute Gasteiger partial charge is 0.332 e. The molecule has 0 saturated carbocycles. The van der Waals surface area contributed by atoms with Crippen LogP contribution < -0.4 is 22.9 Å². The van der Waals surface area contributed by atoms with Gasteiger partial charge in [0.25, 0.3) is 0 Å². The van der Waals surface area contributed by atoms with Crippen LogP contribution in [0.25, 0.3) is 0 Å². The molecule has 4 aromatic rings. The van der Waals surface area contributed by atoms with Crippen molar-refractivity contribution < 1.29 is 38.4 Å². The number of nitrogens with two attached hydrogens (primary N) is 4. The highest BCUT2D eigenvalue weighted by Crippen LogP contribution is 2.15. The Morgan fingerprint density at radius 2 is 0.562 bits per heavy atom. The molecule has 4 aromatic carbocycles. The van der Waals surface area contributed by atoms with Gasteiger partial charge >= 0.3 is 0 Å². The molecule has 1 aliphatic heterocycles. The molecule has 0 unspecified atom stereocenters. The van der Waals surface area contributed by atoms with Gasteiger partial charge in [-0.05, 0) is 100 Å². The van der Waals surface area contributed by atoms with Gasteiger partial charge in [0.1, 0.15) is 19.6 Å². The third kappa shape index (κ3) is 22.4. The predicted molar refractivity (Wildman–Crippen MR) is 307 cm³/mol. The summed E-state index contributed by atoms with van der Waals surface area (Å²) in [5, 5.41) is 0. The second kappa shape index (κ2) is 35.3. The van der Waals surface area contributed by atoms with Crippen LogP contribution in [0.15, 0.2) is 121 Å². The summed E-state index contributed by atoms with van der Waals surface area (Å²) < 4.78 is 0. The van der Waals surface area contributed by atoms with Crippen molar-refractivity contribution in [1.82, 2.24) is 39.2 Å². The van der Waals surface area contributed by atoms with Crippen molar-refractivity contribution in [2.24, 2.45) is 22.9 Å². The third-order valence-corrected chi connectivity index (χ3v) is 13.8. The van der Waals surface area contributed by atoms with Crippen LogP contribution in [0.2, 0.25) is 0 Å². The van der Waals surface area contributed by atoms with Gasteiger partial charge in [0, 0.05) is 52.2 Å². The van der Waals surface area contributed by atoms with Crippen molar-refractivity contribution in [2.45, 2.75) is 71.1 Å². The van der Waals surface area contributed by atoms with Crippen LogP contribution in [0.4, 0.5) is 0 Å². The smallest absolute Gasteiger partial charge is 0.242 e. The molecule has 432 valence electrons. The number of Topliss-reactive ketones (excluding diaryl/α,β-unsaturated/α-hetero) is 1. The second-order valence-electron chi connectivity index (χ2n) is 20.2. The van der Waals surface area contributed by atoms with E-state index in [4.69, 9.17) is 22.9 Å². The molecule has 80 heavy (non-hydrogen) atoms. The number of carbonyl (C=O) groups is 8. The molecule has 0 spiro atoms. The van der Waals surface area contributed by atoms with E-state index in [1.165, 1.54) is 34.3 Å². The molecule has 20 nitrogen and oxygen atoms in total. The molecule has 1 heterocycles. The predicted octanol–water partition coefficient (Wildman–Crippen LogP) is 2.04. The third-order valence-electron chi connectivity index (χ3n) is 13.8. The van der Waals surface area contributed by atoms with Crippen LogP contribution in [0, 0.1) is 0 Å². The van der Waals surface area contributed by atoms with E-state index >= 15 is 0 Å². The fraction of sp³-hybridized carbons (Fsp3) is 0.467. The highest BCUT2D eigenvalue weighted by atomic mass is 16.2. The molecule has 5 rings (SSSR count). The van der Waals surface area contributed by atoms with E-state index in [9.17, 15) is 38.4 Å². The second-order valence-corrected chi connectivity index (χ2v) is 20.2. The molecular formula is C60H84N12O8. The molecule has 1 aliphatic rings. The number of amides is 7. The topological polar surface area (TPSA) is 267 Å². The lowest BCUT2D eigenvalue weighted by atomic mass is 10.1. The first-order valence-electron chi connectivity index (χ1n) is 27.9. The molecule has 7 amide bonds. The molecule has 0 radical (unpaired) electrons. The summed E-state index contributed by atoms with van der Waals surface area (Å²) in [7, 11) is 0. The van der Waals surface area contributed by atoms with Crippen LogP contribution in [0.3, 0.4) is 0 Å². The Labute approximate surface area is 471 Å². The lowest BCUT2D eigenvalue weighted by Gasteiger charge is -2.33. The van der Waals surface area contributed by atoms with Crippen LogP contribution in [0.5, 0.6) is 0 Å². The van der Waals surface area contributed by atoms with Crippen molar-refractivity contribution >= 4 is 47.1 Å². The number of rotatable bonds is 20. The lowest BCUT2D eigenvalue weighted by molar-refractivity contribution is -0.149. The minimum atomic E-state index is -0.572. The van der Waals surface area contributed by atoms with Gasteiger partial charge < -0.3 is 57.2 Å². The first-order valence-corrected chi connectivity index (χ1v) is 27.9. The molecule has 1 saturated heterocycles. The number of benzene rings is 4. The molecule has 8 N–H and O–H groups in total. The van der Waals surface area contributed by atoms with E-state index in [2.05, 4.69) is 0 Å². The fourth-order valence-electron chi connectivity index (χ4n) is 9.27. The Balaban J connectivity index is 1.56. The van der Waals surface area contributed by atoms with Crippen LogP contribution >= 0.6 is 0 Å². The van der Waals surface area contributed by atoms with Crippen molar-refractivity contribution in [3.05, 3.63) is 144 Å². The van der Waals surface area contributed by atoms with E-state index in [-0.39, 0.29) is 110 Å². The van der Waals surface area contributed by atoms with Crippen molar-refractivity contribution in [2.75, 3.05) is 111 Å². The lowest BCUT2D eigenvalue weighted by Crippen LogP contribution is -2.52. The number of hydrogen-bond acceptors (Lipinski definition) is 13. The van der Waals surface area contributed by atoms with Gasteiger partial charge in [-0.2, -0.15) is 0 Å². The van der Waals surface area contributed by atoms with Gasteiger partial charge in [-0.25, -0.2) is 0 Å². The summed E-state index contributed by atoms with van der Waals surface area (Å²) in [6.45, 7) is -0.518. The zero-order valence-corrected chi connectivity index (χ0v) is 46.5. The van der Waals surface area contributed by atoms with Crippen LogP contribution in [-0.4, -0.2) is 198 Å². The maximum atomic E-state index is 14.7. The maximum absolute atomic E-state index is 14.7. The highest BCUT2D eigenvalue weighted by molar-refractivity contribution is 5.93. The number of nitrogens with zero attached hydrogens (tertiary/aromatic N) is 8. The number of hydrogen-bond donors (Lipinski definition) is 4. The van der Waals surface area contributed by atoms with E-state index in [1.54, 1.807) is 0 Å². The number of carbonyl (C=O) groups excluding carboxylic acids is 8. The Morgan fingerprint density at radius 1 is 0.300 bits per heavy atom. The normalized spacial score (nSPS) is 16.7. The molecule has 0 aliphatic carbocycles. The zero-order chi connectivity index (χ0) is 57.5. The first kappa shape index (κ1) is 63.5. The van der Waals surface area contributed by atoms with E-state index in [0.717, 1.165) is 11.1 Å². The van der Waals surface area contributed by atoms with Gasteiger partial charge in [0.05, 0.1) is 32.7 Å². The monoisotopic (exact) mass is 1100 g/mol. The first-order chi connectivity index (χ1) is 38.8. The zero-order valence-electron chi connectivity index (χ0n) is 46.5. The quantitative estimate of drug-likeness (QED) is 0.0989. The Hall–Kier alpha value is -7.36. The summed E-state index contributed by atoms with van der Waals surface area (Å²) in [4.78, 5) is 128. The molecule has 1 fully saturated rings. The standard InChI is InChI=1S/C60H84N12O8/c61-28-15-33-65-32-14-13-27-53(73)41-69(37-49-19-5-1-6-20-49)58(78)43-66(34-16-29-62)56(76)47-71(39-51-23-9-3-10-24-51)60(80)45-68(36-18-31-64)57(77)48-72(40-52-25-11-4-12-26-52)59(79)44-67(35-17-30-63)55(75)46-70(54(74)42-65)38-50-21-7-2-8-22-50/h1-12,19-26H,13-18,27-48,61-64H2. The molecular weight excluding hydrogens is 1020 g/mol. The minimum absolute atomic E-state index is 0.0107.